The minimum atomic E-state index is 0. The first-order valence-corrected chi connectivity index (χ1v) is 3.33. The van der Waals surface area contributed by atoms with Gasteiger partial charge in [-0.3, -0.25) is 4.98 Å². The molecule has 0 radical (unpaired) electrons. The van der Waals surface area contributed by atoms with E-state index >= 15 is 0 Å². The molecule has 0 bridgehead atoms. The van der Waals surface area contributed by atoms with Crippen LogP contribution in [0.25, 0.3) is 11.0 Å². The molecule has 1 heterocycles. The van der Waals surface area contributed by atoms with E-state index in [0.29, 0.717) is 5.82 Å². The fourth-order valence-electron chi connectivity index (χ4n) is 0.972. The zero-order valence-electron chi connectivity index (χ0n) is 7.27. The smallest absolute Gasteiger partial charge is 0.142 e. The Kier molecular flexibility index (Phi) is 3.77. The van der Waals surface area contributed by atoms with Gasteiger partial charge in [0.25, 0.3) is 0 Å². The van der Waals surface area contributed by atoms with Gasteiger partial charge in [-0.15, -0.1) is 0 Å². The molecule has 0 unspecified atom stereocenters. The van der Waals surface area contributed by atoms with Gasteiger partial charge >= 0.3 is 0 Å². The normalized spacial score (nSPS) is 8.62. The zero-order valence-corrected chi connectivity index (χ0v) is 7.27. The third-order valence-corrected chi connectivity index (χ3v) is 1.47. The lowest BCUT2D eigenvalue weighted by molar-refractivity contribution is 1.30. The predicted molar refractivity (Wildman–Crippen MR) is 54.0 cm³/mol. The van der Waals surface area contributed by atoms with Crippen LogP contribution in [-0.2, 0) is 0 Å². The first-order chi connectivity index (χ1) is 5.36. The molecular formula is C8H13N5. The van der Waals surface area contributed by atoms with Crippen molar-refractivity contribution in [1.29, 1.82) is 0 Å². The molecule has 1 aromatic heterocycles. The van der Waals surface area contributed by atoms with Gasteiger partial charge in [-0.05, 0) is 12.1 Å². The van der Waals surface area contributed by atoms with Crippen LogP contribution in [0.5, 0.6) is 0 Å². The number of anilines is 1. The number of rotatable bonds is 0. The number of fused-ring (bicyclic) bond motifs is 1. The van der Waals surface area contributed by atoms with E-state index in [1.54, 1.807) is 6.20 Å². The van der Waals surface area contributed by atoms with Gasteiger partial charge in [0.05, 0.1) is 17.2 Å². The molecule has 0 saturated heterocycles. The summed E-state index contributed by atoms with van der Waals surface area (Å²) in [6.07, 6.45) is 1.56. The van der Waals surface area contributed by atoms with Crippen LogP contribution in [0.2, 0.25) is 0 Å². The van der Waals surface area contributed by atoms with Crippen LogP contribution in [-0.4, -0.2) is 9.97 Å². The third kappa shape index (κ3) is 2.11. The molecule has 0 spiro atoms. The number of aromatic nitrogens is 2. The lowest BCUT2D eigenvalue weighted by Crippen LogP contribution is -1.91. The Bertz CT molecular complexity index is 387. The zero-order chi connectivity index (χ0) is 7.68. The lowest BCUT2D eigenvalue weighted by atomic mass is 10.3. The molecule has 0 amide bonds. The summed E-state index contributed by atoms with van der Waals surface area (Å²) < 4.78 is 0. The maximum atomic E-state index is 5.45. The molecule has 1 aromatic carbocycles. The van der Waals surface area contributed by atoms with Gasteiger partial charge in [0.15, 0.2) is 0 Å². The molecule has 8 N–H and O–H groups in total. The van der Waals surface area contributed by atoms with Gasteiger partial charge in [-0.2, -0.15) is 0 Å². The van der Waals surface area contributed by atoms with Crippen LogP contribution < -0.4 is 18.0 Å². The minimum Gasteiger partial charge on any atom is -0.382 e. The van der Waals surface area contributed by atoms with Gasteiger partial charge in [-0.25, -0.2) is 4.98 Å². The predicted octanol–water partition coefficient (Wildman–Crippen LogP) is 1.54. The standard InChI is InChI=1S/C8H7N3.2H3N/c9-8-5-10-6-3-1-2-4-7(6)11-8;;/h1-5H,(H2,9,11);2*1H3. The van der Waals surface area contributed by atoms with Gasteiger partial charge in [0.1, 0.15) is 5.82 Å². The number of hydrogen-bond acceptors (Lipinski definition) is 5. The summed E-state index contributed by atoms with van der Waals surface area (Å²) in [7, 11) is 0. The Labute approximate surface area is 76.2 Å². The first-order valence-electron chi connectivity index (χ1n) is 3.33. The Balaban J connectivity index is 0.000000720. The van der Waals surface area contributed by atoms with E-state index < -0.39 is 0 Å². The van der Waals surface area contributed by atoms with Gasteiger partial charge in [0, 0.05) is 0 Å². The second-order valence-electron chi connectivity index (χ2n) is 2.28. The molecule has 2 rings (SSSR count). The van der Waals surface area contributed by atoms with Crippen molar-refractivity contribution in [1.82, 2.24) is 22.3 Å². The van der Waals surface area contributed by atoms with E-state index in [0.717, 1.165) is 11.0 Å². The summed E-state index contributed by atoms with van der Waals surface area (Å²) in [6, 6.07) is 7.63. The number of para-hydroxylation sites is 2. The largest absolute Gasteiger partial charge is 0.382 e. The van der Waals surface area contributed by atoms with Crippen molar-refractivity contribution >= 4 is 16.9 Å². The molecule has 0 saturated carbocycles. The number of nitrogen functional groups attached to an aromatic ring is 1. The highest BCUT2D eigenvalue weighted by molar-refractivity contribution is 5.74. The molecule has 0 atom stereocenters. The van der Waals surface area contributed by atoms with Gasteiger partial charge < -0.3 is 18.0 Å². The van der Waals surface area contributed by atoms with Crippen molar-refractivity contribution in [3.05, 3.63) is 30.5 Å². The van der Waals surface area contributed by atoms with E-state index in [9.17, 15) is 0 Å². The van der Waals surface area contributed by atoms with Crippen molar-refractivity contribution < 1.29 is 0 Å². The molecule has 5 nitrogen and oxygen atoms in total. The average molecular weight is 179 g/mol. The van der Waals surface area contributed by atoms with Crippen LogP contribution in [0.4, 0.5) is 5.82 Å². The van der Waals surface area contributed by atoms with Crippen molar-refractivity contribution in [3.63, 3.8) is 0 Å². The fraction of sp³-hybridized carbons (Fsp3) is 0. The minimum absolute atomic E-state index is 0. The maximum absolute atomic E-state index is 5.45. The number of hydrogen-bond donors (Lipinski definition) is 3. The molecule has 2 aromatic rings. The van der Waals surface area contributed by atoms with Crippen molar-refractivity contribution in [3.8, 4) is 0 Å². The van der Waals surface area contributed by atoms with Crippen LogP contribution >= 0.6 is 0 Å². The molecule has 70 valence electrons. The summed E-state index contributed by atoms with van der Waals surface area (Å²) >= 11 is 0. The van der Waals surface area contributed by atoms with E-state index in [1.807, 2.05) is 24.3 Å². The summed E-state index contributed by atoms with van der Waals surface area (Å²) in [5, 5.41) is 0. The molecule has 13 heavy (non-hydrogen) atoms. The Morgan fingerprint density at radius 1 is 1.00 bits per heavy atom. The third-order valence-electron chi connectivity index (χ3n) is 1.47. The van der Waals surface area contributed by atoms with Crippen molar-refractivity contribution in [2.45, 2.75) is 0 Å². The average Bonchev–Trinajstić information content (AvgIpc) is 2.04. The van der Waals surface area contributed by atoms with Gasteiger partial charge in [0.2, 0.25) is 0 Å². The second kappa shape index (κ2) is 4.34. The lowest BCUT2D eigenvalue weighted by Gasteiger charge is -1.94. The number of nitrogens with zero attached hydrogens (tertiary/aromatic N) is 2. The highest BCUT2D eigenvalue weighted by atomic mass is 14.9. The number of nitrogens with two attached hydrogens (primary N) is 1. The molecule has 0 aliphatic carbocycles. The fourth-order valence-corrected chi connectivity index (χ4v) is 0.972. The Morgan fingerprint density at radius 2 is 1.62 bits per heavy atom. The van der Waals surface area contributed by atoms with Gasteiger partial charge in [-0.1, -0.05) is 12.1 Å². The number of benzene rings is 1. The topological polar surface area (TPSA) is 122 Å². The van der Waals surface area contributed by atoms with Crippen molar-refractivity contribution in [2.24, 2.45) is 0 Å². The molecule has 0 aliphatic rings. The van der Waals surface area contributed by atoms with E-state index in [-0.39, 0.29) is 12.3 Å². The highest BCUT2D eigenvalue weighted by Crippen LogP contribution is 2.08. The molecule has 5 heteroatoms. The Morgan fingerprint density at radius 3 is 2.31 bits per heavy atom. The van der Waals surface area contributed by atoms with Crippen LogP contribution in [0.3, 0.4) is 0 Å². The molecule has 0 fully saturated rings. The summed E-state index contributed by atoms with van der Waals surface area (Å²) in [4.78, 5) is 8.18. The summed E-state index contributed by atoms with van der Waals surface area (Å²) in [5.74, 6) is 0.462. The monoisotopic (exact) mass is 179 g/mol. The molecule has 0 aliphatic heterocycles. The molecular weight excluding hydrogens is 166 g/mol. The van der Waals surface area contributed by atoms with Crippen LogP contribution in [0, 0.1) is 0 Å². The van der Waals surface area contributed by atoms with Crippen LogP contribution in [0.15, 0.2) is 30.5 Å². The Hall–Kier alpha value is -1.72. The highest BCUT2D eigenvalue weighted by Gasteiger charge is 1.92. The summed E-state index contributed by atoms with van der Waals surface area (Å²) in [5.41, 5.74) is 7.17. The first kappa shape index (κ1) is 11.3. The van der Waals surface area contributed by atoms with E-state index in [2.05, 4.69) is 9.97 Å². The van der Waals surface area contributed by atoms with Crippen molar-refractivity contribution in [2.75, 3.05) is 5.73 Å². The maximum Gasteiger partial charge on any atom is 0.142 e. The quantitative estimate of drug-likeness (QED) is 0.566. The van der Waals surface area contributed by atoms with Crippen LogP contribution in [0.1, 0.15) is 0 Å². The second-order valence-corrected chi connectivity index (χ2v) is 2.28. The van der Waals surface area contributed by atoms with E-state index in [4.69, 9.17) is 5.73 Å². The summed E-state index contributed by atoms with van der Waals surface area (Å²) in [6.45, 7) is 0. The van der Waals surface area contributed by atoms with E-state index in [1.165, 1.54) is 0 Å². The SMILES string of the molecule is N.N.Nc1cnc2ccccc2n1.